The van der Waals surface area contributed by atoms with Crippen molar-refractivity contribution in [2.75, 3.05) is 0 Å². The highest BCUT2D eigenvalue weighted by Gasteiger charge is 2.32. The molecule has 19 aromatic carbocycles. The van der Waals surface area contributed by atoms with Gasteiger partial charge in [-0.05, 0) is 131 Å². The third-order valence-corrected chi connectivity index (χ3v) is 29.4. The topological polar surface area (TPSA) is 142 Å². The van der Waals surface area contributed by atoms with Crippen LogP contribution in [0.4, 0.5) is 0 Å². The molecule has 0 spiro atoms. The van der Waals surface area contributed by atoms with Gasteiger partial charge in [0.2, 0.25) is 5.95 Å². The zero-order valence-electron chi connectivity index (χ0n) is 73.5. The van der Waals surface area contributed by atoms with Crippen molar-refractivity contribution < 1.29 is 0 Å². The summed E-state index contributed by atoms with van der Waals surface area (Å²) in [7, 11) is 0. The van der Waals surface area contributed by atoms with E-state index in [-0.39, 0.29) is 0 Å². The molecule has 14 aromatic heterocycles. The Morgan fingerprint density at radius 2 is 0.630 bits per heavy atom. The fourth-order valence-electron chi connectivity index (χ4n) is 23.8. The van der Waals surface area contributed by atoms with E-state index in [2.05, 4.69) is 359 Å². The maximum atomic E-state index is 9.80. The number of nitriles is 1. The van der Waals surface area contributed by atoms with Crippen LogP contribution in [0.15, 0.2) is 413 Å². The molecule has 0 fully saturated rings. The molecule has 0 aliphatic rings. The van der Waals surface area contributed by atoms with Crippen LogP contribution in [-0.4, -0.2) is 61.8 Å². The van der Waals surface area contributed by atoms with E-state index in [9.17, 15) is 5.26 Å². The lowest BCUT2D eigenvalue weighted by Gasteiger charge is -2.14. The van der Waals surface area contributed by atoms with E-state index in [0.29, 0.717) is 11.5 Å². The van der Waals surface area contributed by atoms with Crippen molar-refractivity contribution in [2.45, 2.75) is 0 Å². The molecule has 0 aliphatic heterocycles. The van der Waals surface area contributed by atoms with Gasteiger partial charge in [0.1, 0.15) is 11.5 Å². The standard InChI is InChI=1S/C43H23N5.C41H23N5.C40H22N4/c44-24-25-10-9-12-27(22-25)40-43(46-34-17-6-5-16-33(34)45-40)47-36-19-8-4-15-30(36)38-37(47)23-32-29-14-3-7-18-35(29)48-41-28-13-2-1-11-26(28)20-21-31(41)39(38)42(32)48;1-2-12-26-24(10-1)19-20-30-37-36-29-15-5-8-18-34(29)45(35(36)22-31-27-13-4-7-17-33(27)46(39(26)30)40(31)37)41-43-32-16-6-3-14-28(32)38(44-41)25-11-9-21-42-23-25;1-2-10-26-23(8-1)17-19-29-36-35-28-12-4-6-14-32(28)43(34-20-18-25-16-15-24-9-7-21-41-37(24)38(25)42-34)33(35)22-30-27-11-3-5-13-31(27)44(39(26)29)40(30)36/h1-23H;1-23H;1-22H. The van der Waals surface area contributed by atoms with Crippen LogP contribution in [0.3, 0.4) is 0 Å². The van der Waals surface area contributed by atoms with Gasteiger partial charge in [0, 0.05) is 159 Å². The molecule has 0 radical (unpaired) electrons. The molecule has 0 aliphatic carbocycles. The van der Waals surface area contributed by atoms with Crippen molar-refractivity contribution in [1.82, 2.24) is 61.8 Å². The summed E-state index contributed by atoms with van der Waals surface area (Å²) in [6.07, 6.45) is 5.53. The second kappa shape index (κ2) is 28.0. The van der Waals surface area contributed by atoms with Crippen molar-refractivity contribution in [3.8, 4) is 46.2 Å². The predicted octanol–water partition coefficient (Wildman–Crippen LogP) is 30.8. The number of hydrogen-bond donors (Lipinski definition) is 0. The van der Waals surface area contributed by atoms with Crippen LogP contribution in [0.25, 0.3) is 296 Å². The fraction of sp³-hybridized carbons (Fsp3) is 0. The number of pyridine rings is 3. The van der Waals surface area contributed by atoms with Crippen LogP contribution in [0, 0.1) is 11.3 Å². The molecular formula is C124H68N14. The van der Waals surface area contributed by atoms with Gasteiger partial charge in [0.25, 0.3) is 0 Å². The summed E-state index contributed by atoms with van der Waals surface area (Å²) < 4.78 is 14.4. The van der Waals surface area contributed by atoms with Crippen LogP contribution < -0.4 is 0 Å². The van der Waals surface area contributed by atoms with Gasteiger partial charge >= 0.3 is 0 Å². The molecule has 33 rings (SSSR count). The molecule has 14 heterocycles. The average molecular weight is 1750 g/mol. The van der Waals surface area contributed by atoms with Crippen molar-refractivity contribution in [3.63, 3.8) is 0 Å². The summed E-state index contributed by atoms with van der Waals surface area (Å²) in [4.78, 5) is 35.6. The molecule has 0 saturated carbocycles. The highest BCUT2D eigenvalue weighted by molar-refractivity contribution is 6.41. The molecule has 33 aromatic rings. The van der Waals surface area contributed by atoms with Gasteiger partial charge in [0.05, 0.1) is 128 Å². The number of nitrogens with zero attached hydrogens (tertiary/aromatic N) is 14. The SMILES string of the molecule is N#Cc1cccc(-c2nc3ccccc3nc2-n2c3ccccc3c3c4c5ccc6ccccc6c5n5c6ccccc6c(cc32)c45)c1.c1ccc2c(c1)ccc1c3c4c5ccccc5n(-c5ccc6ccc7cccnc7c6n5)c4cc4c5ccccc5n(c21)c43.c1cncc(-c2nc(-n3c4ccccc4c4c5c6ccc7ccccc7c6n6c7ccccc7c(cc43)c56)nc3ccccc23)c1. The summed E-state index contributed by atoms with van der Waals surface area (Å²) in [5, 5.41) is 42.8. The lowest BCUT2D eigenvalue weighted by atomic mass is 10.00. The number of rotatable bonds is 5. The average Bonchev–Trinajstić information content (AvgIpc) is 1.52. The summed E-state index contributed by atoms with van der Waals surface area (Å²) >= 11 is 0. The number of benzene rings is 19. The molecule has 0 bridgehead atoms. The van der Waals surface area contributed by atoms with Gasteiger partial charge in [-0.3, -0.25) is 23.7 Å². The Kier molecular flexibility index (Phi) is 15.1. The first kappa shape index (κ1) is 74.5. The van der Waals surface area contributed by atoms with Gasteiger partial charge in [-0.1, -0.05) is 279 Å². The number of fused-ring (bicyclic) bond motifs is 41. The largest absolute Gasteiger partial charge is 0.307 e. The van der Waals surface area contributed by atoms with Crippen molar-refractivity contribution >= 4 is 256 Å². The van der Waals surface area contributed by atoms with E-state index in [1.54, 1.807) is 6.20 Å². The second-order valence-corrected chi connectivity index (χ2v) is 36.4. The van der Waals surface area contributed by atoms with Crippen LogP contribution in [0.5, 0.6) is 0 Å². The Balaban J connectivity index is 0.0000000959. The highest BCUT2D eigenvalue weighted by atomic mass is 15.2. The zero-order chi connectivity index (χ0) is 90.0. The molecule has 0 amide bonds. The van der Waals surface area contributed by atoms with E-state index in [0.717, 1.165) is 116 Å². The molecular weight excluding hydrogens is 1690 g/mol. The van der Waals surface area contributed by atoms with Crippen molar-refractivity contribution in [2.24, 2.45) is 0 Å². The lowest BCUT2D eigenvalue weighted by Crippen LogP contribution is -2.03. The van der Waals surface area contributed by atoms with E-state index in [1.807, 2.05) is 85.2 Å². The van der Waals surface area contributed by atoms with Crippen LogP contribution in [-0.2, 0) is 0 Å². The maximum Gasteiger partial charge on any atom is 0.235 e. The van der Waals surface area contributed by atoms with Gasteiger partial charge in [-0.25, -0.2) is 24.9 Å². The zero-order valence-corrected chi connectivity index (χ0v) is 73.5. The minimum Gasteiger partial charge on any atom is -0.307 e. The molecule has 14 heteroatoms. The number of aromatic nitrogens is 13. The molecule has 634 valence electrons. The Morgan fingerprint density at radius 3 is 1.15 bits per heavy atom. The first-order valence-electron chi connectivity index (χ1n) is 46.6. The summed E-state index contributed by atoms with van der Waals surface area (Å²) in [5.74, 6) is 2.28. The second-order valence-electron chi connectivity index (χ2n) is 36.4. The third-order valence-electron chi connectivity index (χ3n) is 29.4. The number of hydrogen-bond acceptors (Lipinski definition) is 8. The smallest absolute Gasteiger partial charge is 0.235 e. The first-order valence-corrected chi connectivity index (χ1v) is 46.6. The molecule has 0 saturated heterocycles. The normalized spacial score (nSPS) is 12.3. The first-order chi connectivity index (χ1) is 68.5. The molecule has 0 N–H and O–H groups in total. The summed E-state index contributed by atoms with van der Waals surface area (Å²) in [6.45, 7) is 0. The molecule has 14 nitrogen and oxygen atoms in total. The van der Waals surface area contributed by atoms with Gasteiger partial charge in [-0.2, -0.15) is 5.26 Å². The van der Waals surface area contributed by atoms with E-state index < -0.39 is 0 Å². The van der Waals surface area contributed by atoms with Gasteiger partial charge in [0.15, 0.2) is 5.82 Å². The summed E-state index contributed by atoms with van der Waals surface area (Å²) in [5.41, 5.74) is 26.2. The monoisotopic (exact) mass is 1750 g/mol. The minimum absolute atomic E-state index is 0.585. The van der Waals surface area contributed by atoms with E-state index in [4.69, 9.17) is 29.9 Å². The van der Waals surface area contributed by atoms with Crippen LogP contribution in [0.1, 0.15) is 5.56 Å². The Bertz CT molecular complexity index is 11200. The molecule has 138 heavy (non-hydrogen) atoms. The predicted molar refractivity (Wildman–Crippen MR) is 569 cm³/mol. The van der Waals surface area contributed by atoms with E-state index >= 15 is 0 Å². The van der Waals surface area contributed by atoms with Gasteiger partial charge < -0.3 is 13.2 Å². The third kappa shape index (κ3) is 10.1. The Morgan fingerprint density at radius 1 is 0.225 bits per heavy atom. The van der Waals surface area contributed by atoms with Crippen molar-refractivity contribution in [3.05, 3.63) is 418 Å². The van der Waals surface area contributed by atoms with Crippen LogP contribution >= 0.6 is 0 Å². The summed E-state index contributed by atoms with van der Waals surface area (Å²) in [6, 6.07) is 142. The van der Waals surface area contributed by atoms with Crippen molar-refractivity contribution in [1.29, 1.82) is 5.26 Å². The van der Waals surface area contributed by atoms with E-state index in [1.165, 1.54) is 174 Å². The quantitative estimate of drug-likeness (QED) is 0.155. The Hall–Kier alpha value is -19.1. The lowest BCUT2D eigenvalue weighted by molar-refractivity contribution is 1.01. The minimum atomic E-state index is 0.585. The molecule has 0 unspecified atom stereocenters. The maximum absolute atomic E-state index is 9.80. The van der Waals surface area contributed by atoms with Crippen LogP contribution in [0.2, 0.25) is 0 Å². The highest BCUT2D eigenvalue weighted by Crippen LogP contribution is 2.54. The Labute approximate surface area is 782 Å². The number of para-hydroxylation sites is 9. The molecule has 0 atom stereocenters. The van der Waals surface area contributed by atoms with Gasteiger partial charge in [-0.15, -0.1) is 0 Å². The fourth-order valence-corrected chi connectivity index (χ4v) is 23.8.